The molecule has 0 radical (unpaired) electrons. The fourth-order valence-electron chi connectivity index (χ4n) is 1.57. The van der Waals surface area contributed by atoms with Crippen LogP contribution in [0.15, 0.2) is 11.1 Å². The van der Waals surface area contributed by atoms with Gasteiger partial charge >= 0.3 is 17.9 Å². The van der Waals surface area contributed by atoms with Gasteiger partial charge < -0.3 is 24.1 Å². The van der Waals surface area contributed by atoms with Gasteiger partial charge in [-0.05, 0) is 6.42 Å². The van der Waals surface area contributed by atoms with Gasteiger partial charge in [0.05, 0.1) is 18.8 Å². The summed E-state index contributed by atoms with van der Waals surface area (Å²) in [4.78, 5) is 35.1. The number of epoxide rings is 2. The molecule has 2 fully saturated rings. The smallest absolute Gasteiger partial charge is 0.346 e. The van der Waals surface area contributed by atoms with Crippen LogP contribution in [0.2, 0.25) is 0 Å². The van der Waals surface area contributed by atoms with Gasteiger partial charge in [0.15, 0.2) is 5.57 Å². The zero-order chi connectivity index (χ0) is 15.4. The van der Waals surface area contributed by atoms with Crippen molar-refractivity contribution >= 4 is 17.9 Å². The van der Waals surface area contributed by atoms with E-state index in [0.29, 0.717) is 13.2 Å². The van der Waals surface area contributed by atoms with E-state index in [4.69, 9.17) is 24.1 Å². The summed E-state index contributed by atoms with van der Waals surface area (Å²) in [6.45, 7) is 2.46. The van der Waals surface area contributed by atoms with E-state index >= 15 is 0 Å². The molecule has 2 saturated heterocycles. The van der Waals surface area contributed by atoms with Gasteiger partial charge in [-0.25, -0.2) is 14.4 Å². The summed E-state index contributed by atoms with van der Waals surface area (Å²) in [5.74, 6) is -3.37. The molecule has 0 amide bonds. The van der Waals surface area contributed by atoms with Crippen LogP contribution in [0.3, 0.4) is 0 Å². The lowest BCUT2D eigenvalue weighted by molar-refractivity contribution is -0.149. The molecule has 116 valence electrons. The van der Waals surface area contributed by atoms with E-state index in [1.165, 1.54) is 6.92 Å². The van der Waals surface area contributed by atoms with Crippen molar-refractivity contribution in [1.29, 1.82) is 0 Å². The first kappa shape index (κ1) is 15.5. The van der Waals surface area contributed by atoms with Crippen molar-refractivity contribution in [3.8, 4) is 0 Å². The fraction of sp³-hybridized carbons (Fsp3) is 0.615. The maximum Gasteiger partial charge on any atom is 0.346 e. The highest BCUT2D eigenvalue weighted by Crippen LogP contribution is 2.17. The summed E-state index contributed by atoms with van der Waals surface area (Å²) in [6, 6.07) is 0. The van der Waals surface area contributed by atoms with E-state index < -0.39 is 23.5 Å². The lowest BCUT2D eigenvalue weighted by Gasteiger charge is -2.10. The Hall–Kier alpha value is -1.93. The second-order valence-electron chi connectivity index (χ2n) is 4.62. The van der Waals surface area contributed by atoms with Gasteiger partial charge in [0.2, 0.25) is 0 Å². The monoisotopic (exact) mass is 300 g/mol. The Morgan fingerprint density at radius 3 is 1.76 bits per heavy atom. The molecule has 0 aromatic carbocycles. The molecule has 2 aliphatic rings. The third-order valence-corrected chi connectivity index (χ3v) is 2.93. The average molecular weight is 300 g/mol. The quantitative estimate of drug-likeness (QED) is 0.213. The molecular formula is C13H16O8. The molecule has 1 N–H and O–H groups in total. The van der Waals surface area contributed by atoms with Crippen molar-refractivity contribution in [3.63, 3.8) is 0 Å². The number of aliphatic carboxylic acids is 1. The molecule has 8 heteroatoms. The second-order valence-corrected chi connectivity index (χ2v) is 4.62. The maximum atomic E-state index is 12.0. The average Bonchev–Trinajstić information content (AvgIpc) is 3.32. The van der Waals surface area contributed by atoms with Crippen LogP contribution in [-0.4, -0.2) is 61.6 Å². The molecule has 2 rings (SSSR count). The molecule has 2 heterocycles. The first-order valence-corrected chi connectivity index (χ1v) is 6.56. The predicted molar refractivity (Wildman–Crippen MR) is 66.4 cm³/mol. The number of carbonyl (C=O) groups excluding carboxylic acids is 2. The minimum Gasteiger partial charge on any atom is -0.478 e. The Kier molecular flexibility index (Phi) is 4.92. The molecule has 0 spiro atoms. The molecule has 2 aliphatic heterocycles. The number of hydrogen-bond donors (Lipinski definition) is 1. The van der Waals surface area contributed by atoms with Crippen LogP contribution >= 0.6 is 0 Å². The molecule has 0 aliphatic carbocycles. The van der Waals surface area contributed by atoms with Crippen molar-refractivity contribution < 1.29 is 38.4 Å². The fourth-order valence-corrected chi connectivity index (χ4v) is 1.57. The zero-order valence-electron chi connectivity index (χ0n) is 11.5. The van der Waals surface area contributed by atoms with Crippen molar-refractivity contribution in [2.45, 2.75) is 25.6 Å². The third kappa shape index (κ3) is 4.54. The highest BCUT2D eigenvalue weighted by Gasteiger charge is 2.33. The molecule has 2 atom stereocenters. The van der Waals surface area contributed by atoms with Gasteiger partial charge in [-0.3, -0.25) is 0 Å². The van der Waals surface area contributed by atoms with Crippen LogP contribution in [0.1, 0.15) is 13.3 Å². The Morgan fingerprint density at radius 2 is 1.48 bits per heavy atom. The summed E-state index contributed by atoms with van der Waals surface area (Å²) >= 11 is 0. The van der Waals surface area contributed by atoms with E-state index in [-0.39, 0.29) is 37.4 Å². The first-order valence-electron chi connectivity index (χ1n) is 6.56. The number of carboxylic acid groups (broad SMARTS) is 1. The van der Waals surface area contributed by atoms with Gasteiger partial charge in [0.25, 0.3) is 0 Å². The standard InChI is InChI=1S/C13H16O8/c1-2-9(11(14)15)10(12(16)20-5-7-3-18-7)13(17)21-6-8-4-19-8/h7-8H,2-6H2,1H3,(H,14,15). The SMILES string of the molecule is CCC(C(=O)O)=C(C(=O)OCC1CO1)C(=O)OCC1CO1. The van der Waals surface area contributed by atoms with Crippen molar-refractivity contribution in [2.75, 3.05) is 26.4 Å². The van der Waals surface area contributed by atoms with Crippen LogP contribution in [0.5, 0.6) is 0 Å². The van der Waals surface area contributed by atoms with Crippen LogP contribution < -0.4 is 0 Å². The van der Waals surface area contributed by atoms with Crippen LogP contribution in [0.4, 0.5) is 0 Å². The number of rotatable bonds is 8. The van der Waals surface area contributed by atoms with Gasteiger partial charge in [-0.2, -0.15) is 0 Å². The number of ether oxygens (including phenoxy) is 4. The molecule has 0 saturated carbocycles. The summed E-state index contributed by atoms with van der Waals surface area (Å²) in [5.41, 5.74) is -0.912. The molecule has 0 aromatic rings. The Labute approximate surface area is 120 Å². The van der Waals surface area contributed by atoms with E-state index in [1.807, 2.05) is 0 Å². The van der Waals surface area contributed by atoms with E-state index in [9.17, 15) is 14.4 Å². The van der Waals surface area contributed by atoms with E-state index in [1.54, 1.807) is 0 Å². The highest BCUT2D eigenvalue weighted by atomic mass is 16.6. The van der Waals surface area contributed by atoms with Gasteiger partial charge in [-0.1, -0.05) is 6.92 Å². The number of hydrogen-bond acceptors (Lipinski definition) is 7. The molecule has 21 heavy (non-hydrogen) atoms. The van der Waals surface area contributed by atoms with Crippen molar-refractivity contribution in [3.05, 3.63) is 11.1 Å². The molecule has 2 unspecified atom stereocenters. The summed E-state index contributed by atoms with van der Waals surface area (Å²) in [5, 5.41) is 9.10. The van der Waals surface area contributed by atoms with Gasteiger partial charge in [0.1, 0.15) is 25.4 Å². The van der Waals surface area contributed by atoms with E-state index in [0.717, 1.165) is 0 Å². The Balaban J connectivity index is 2.08. The summed E-state index contributed by atoms with van der Waals surface area (Å²) in [7, 11) is 0. The van der Waals surface area contributed by atoms with Crippen LogP contribution in [0, 0.1) is 0 Å². The van der Waals surface area contributed by atoms with Gasteiger partial charge in [0, 0.05) is 0 Å². The third-order valence-electron chi connectivity index (χ3n) is 2.93. The zero-order valence-corrected chi connectivity index (χ0v) is 11.5. The molecule has 8 nitrogen and oxygen atoms in total. The predicted octanol–water partition coefficient (Wildman–Crippen LogP) is -0.338. The lowest BCUT2D eigenvalue weighted by atomic mass is 10.1. The van der Waals surface area contributed by atoms with Crippen molar-refractivity contribution in [2.24, 2.45) is 0 Å². The molecular weight excluding hydrogens is 284 g/mol. The first-order chi connectivity index (χ1) is 10.0. The minimum atomic E-state index is -1.35. The van der Waals surface area contributed by atoms with Gasteiger partial charge in [-0.15, -0.1) is 0 Å². The number of carbonyl (C=O) groups is 3. The van der Waals surface area contributed by atoms with Crippen LogP contribution in [0.25, 0.3) is 0 Å². The highest BCUT2D eigenvalue weighted by molar-refractivity contribution is 6.18. The minimum absolute atomic E-state index is 0.00523. The van der Waals surface area contributed by atoms with Crippen LogP contribution in [-0.2, 0) is 33.3 Å². The normalized spacial score (nSPS) is 22.1. The maximum absolute atomic E-state index is 12.0. The second kappa shape index (κ2) is 6.68. The largest absolute Gasteiger partial charge is 0.478 e. The van der Waals surface area contributed by atoms with Crippen molar-refractivity contribution in [1.82, 2.24) is 0 Å². The summed E-state index contributed by atoms with van der Waals surface area (Å²) < 4.78 is 19.5. The lowest BCUT2D eigenvalue weighted by Crippen LogP contribution is -2.25. The Bertz CT molecular complexity index is 443. The molecule has 0 aromatic heterocycles. The van der Waals surface area contributed by atoms with E-state index in [2.05, 4.69) is 0 Å². The molecule has 0 bridgehead atoms. The Morgan fingerprint density at radius 1 is 1.05 bits per heavy atom. The topological polar surface area (TPSA) is 115 Å². The number of carboxylic acids is 1. The summed E-state index contributed by atoms with van der Waals surface area (Å²) in [6.07, 6.45) is -0.365. The number of esters is 2.